The van der Waals surface area contributed by atoms with Crippen molar-refractivity contribution in [3.05, 3.63) is 24.0 Å². The number of carbonyl (C=O) groups excluding carboxylic acids is 1. The zero-order valence-corrected chi connectivity index (χ0v) is 12.8. The Bertz CT molecular complexity index is 488. The Hall–Kier alpha value is -1.29. The molecule has 21 heavy (non-hydrogen) atoms. The quantitative estimate of drug-likeness (QED) is 0.797. The Labute approximate surface area is 126 Å². The molecular formula is C17H25NO3. The first-order valence-corrected chi connectivity index (χ1v) is 8.22. The van der Waals surface area contributed by atoms with Crippen molar-refractivity contribution in [1.29, 1.82) is 0 Å². The summed E-state index contributed by atoms with van der Waals surface area (Å²) in [5.41, 5.74) is 0.769. The van der Waals surface area contributed by atoms with Crippen molar-refractivity contribution in [1.82, 2.24) is 4.57 Å². The highest BCUT2D eigenvalue weighted by Gasteiger charge is 2.40. The van der Waals surface area contributed by atoms with Gasteiger partial charge in [-0.1, -0.05) is 19.3 Å². The molecule has 0 N–H and O–H groups in total. The summed E-state index contributed by atoms with van der Waals surface area (Å²) in [6.07, 6.45) is 10.8. The number of aromatic nitrogens is 1. The number of nitrogens with zero attached hydrogens (tertiary/aromatic N) is 1. The van der Waals surface area contributed by atoms with Crippen molar-refractivity contribution < 1.29 is 14.3 Å². The molecule has 1 saturated carbocycles. The maximum Gasteiger partial charge on any atom is 0.354 e. The van der Waals surface area contributed by atoms with Crippen LogP contribution >= 0.6 is 0 Å². The van der Waals surface area contributed by atoms with Crippen LogP contribution in [0.5, 0.6) is 0 Å². The normalized spacial score (nSPS) is 24.3. The Kier molecular flexibility index (Phi) is 4.34. The van der Waals surface area contributed by atoms with Gasteiger partial charge in [0.05, 0.1) is 18.3 Å². The second kappa shape index (κ2) is 6.22. The Morgan fingerprint density at radius 3 is 2.95 bits per heavy atom. The molecule has 2 aliphatic rings. The van der Waals surface area contributed by atoms with Crippen molar-refractivity contribution in [2.45, 2.75) is 70.1 Å². The van der Waals surface area contributed by atoms with E-state index in [1.54, 1.807) is 0 Å². The topological polar surface area (TPSA) is 40.5 Å². The summed E-state index contributed by atoms with van der Waals surface area (Å²) >= 11 is 0. The van der Waals surface area contributed by atoms with Gasteiger partial charge in [-0.05, 0) is 44.7 Å². The van der Waals surface area contributed by atoms with E-state index in [4.69, 9.17) is 9.47 Å². The third kappa shape index (κ3) is 3.15. The van der Waals surface area contributed by atoms with E-state index in [2.05, 4.69) is 0 Å². The van der Waals surface area contributed by atoms with E-state index < -0.39 is 0 Å². The minimum Gasteiger partial charge on any atom is -0.461 e. The van der Waals surface area contributed by atoms with Crippen molar-refractivity contribution in [2.75, 3.05) is 6.61 Å². The molecule has 0 bridgehead atoms. The van der Waals surface area contributed by atoms with Gasteiger partial charge in [0.1, 0.15) is 5.69 Å². The summed E-state index contributed by atoms with van der Waals surface area (Å²) in [7, 11) is 0. The van der Waals surface area contributed by atoms with E-state index in [0.29, 0.717) is 12.3 Å². The number of ether oxygens (including phenoxy) is 2. The van der Waals surface area contributed by atoms with Crippen LogP contribution in [0.1, 0.15) is 62.4 Å². The summed E-state index contributed by atoms with van der Waals surface area (Å²) in [5, 5.41) is 0. The molecule has 116 valence electrons. The Morgan fingerprint density at radius 2 is 2.19 bits per heavy atom. The smallest absolute Gasteiger partial charge is 0.354 e. The van der Waals surface area contributed by atoms with E-state index >= 15 is 0 Å². The molecule has 2 fully saturated rings. The van der Waals surface area contributed by atoms with Gasteiger partial charge in [-0.25, -0.2) is 4.79 Å². The lowest BCUT2D eigenvalue weighted by Crippen LogP contribution is -2.32. The molecule has 1 spiro atoms. The van der Waals surface area contributed by atoms with E-state index in [-0.39, 0.29) is 17.7 Å². The van der Waals surface area contributed by atoms with Crippen LogP contribution in [0.15, 0.2) is 18.3 Å². The highest BCUT2D eigenvalue weighted by Crippen LogP contribution is 2.42. The fourth-order valence-electron chi connectivity index (χ4n) is 3.77. The molecule has 4 nitrogen and oxygen atoms in total. The first kappa shape index (κ1) is 14.6. The second-order valence-corrected chi connectivity index (χ2v) is 6.29. The van der Waals surface area contributed by atoms with Crippen LogP contribution in [0.2, 0.25) is 0 Å². The van der Waals surface area contributed by atoms with Crippen LogP contribution in [-0.2, 0) is 16.0 Å². The Morgan fingerprint density at radius 1 is 1.38 bits per heavy atom. The van der Waals surface area contributed by atoms with Crippen LogP contribution in [0.4, 0.5) is 0 Å². The van der Waals surface area contributed by atoms with Gasteiger partial charge in [-0.15, -0.1) is 0 Å². The molecule has 1 aliphatic heterocycles. The van der Waals surface area contributed by atoms with Crippen LogP contribution in [0, 0.1) is 0 Å². The van der Waals surface area contributed by atoms with Gasteiger partial charge in [0.15, 0.2) is 0 Å². The summed E-state index contributed by atoms with van der Waals surface area (Å²) in [6, 6.07) is 3.72. The fourth-order valence-corrected chi connectivity index (χ4v) is 3.77. The van der Waals surface area contributed by atoms with E-state index in [1.807, 2.05) is 29.8 Å². The van der Waals surface area contributed by atoms with Crippen molar-refractivity contribution >= 4 is 5.97 Å². The van der Waals surface area contributed by atoms with Gasteiger partial charge in [-0.3, -0.25) is 0 Å². The fraction of sp³-hybridized carbons (Fsp3) is 0.706. The predicted molar refractivity (Wildman–Crippen MR) is 80.3 cm³/mol. The lowest BCUT2D eigenvalue weighted by molar-refractivity contribution is -0.0681. The zero-order chi connectivity index (χ0) is 14.7. The zero-order valence-electron chi connectivity index (χ0n) is 12.8. The van der Waals surface area contributed by atoms with Gasteiger partial charge in [0, 0.05) is 12.7 Å². The average Bonchev–Trinajstić information content (AvgIpc) is 3.08. The minimum absolute atomic E-state index is 0.139. The number of hydrogen-bond donors (Lipinski definition) is 0. The number of hydrogen-bond acceptors (Lipinski definition) is 3. The highest BCUT2D eigenvalue weighted by molar-refractivity contribution is 5.87. The van der Waals surface area contributed by atoms with Crippen LogP contribution in [0.25, 0.3) is 0 Å². The van der Waals surface area contributed by atoms with Crippen molar-refractivity contribution in [3.8, 4) is 0 Å². The largest absolute Gasteiger partial charge is 0.461 e. The highest BCUT2D eigenvalue weighted by atomic mass is 16.5. The molecule has 1 saturated heterocycles. The summed E-state index contributed by atoms with van der Waals surface area (Å²) in [6.45, 7) is 2.99. The van der Waals surface area contributed by atoms with Gasteiger partial charge >= 0.3 is 5.97 Å². The van der Waals surface area contributed by atoms with E-state index in [0.717, 1.165) is 13.0 Å². The second-order valence-electron chi connectivity index (χ2n) is 6.29. The average molecular weight is 291 g/mol. The predicted octanol–water partition coefficient (Wildman–Crippen LogP) is 3.55. The third-order valence-corrected chi connectivity index (χ3v) is 4.82. The summed E-state index contributed by atoms with van der Waals surface area (Å²) in [5.74, 6) is -0.243. The standard InChI is InChI=1S/C17H25NO3/c1-2-20-16(19)15-7-6-12-18(15)13-14-8-11-17(21-14)9-4-3-5-10-17/h6-7,12,14H,2-5,8-11,13H2,1H3. The van der Waals surface area contributed by atoms with Crippen LogP contribution < -0.4 is 0 Å². The van der Waals surface area contributed by atoms with Crippen molar-refractivity contribution in [3.63, 3.8) is 0 Å². The molecule has 1 aliphatic carbocycles. The molecule has 0 aromatic carbocycles. The number of esters is 1. The monoisotopic (exact) mass is 291 g/mol. The van der Waals surface area contributed by atoms with E-state index in [1.165, 1.54) is 38.5 Å². The lowest BCUT2D eigenvalue weighted by Gasteiger charge is -2.33. The summed E-state index contributed by atoms with van der Waals surface area (Å²) < 4.78 is 13.5. The maximum absolute atomic E-state index is 11.9. The van der Waals surface area contributed by atoms with Gasteiger partial charge in [-0.2, -0.15) is 0 Å². The molecule has 0 radical (unpaired) electrons. The van der Waals surface area contributed by atoms with Crippen LogP contribution in [0.3, 0.4) is 0 Å². The molecular weight excluding hydrogens is 266 g/mol. The van der Waals surface area contributed by atoms with E-state index in [9.17, 15) is 4.79 Å². The molecule has 1 atom stereocenters. The van der Waals surface area contributed by atoms with Gasteiger partial charge in [0.25, 0.3) is 0 Å². The van der Waals surface area contributed by atoms with Crippen LogP contribution in [-0.4, -0.2) is 28.8 Å². The SMILES string of the molecule is CCOC(=O)c1cccn1CC1CCC2(CCCCC2)O1. The first-order chi connectivity index (χ1) is 10.2. The minimum atomic E-state index is -0.243. The number of rotatable bonds is 4. The third-order valence-electron chi connectivity index (χ3n) is 4.82. The molecule has 2 heterocycles. The molecule has 3 rings (SSSR count). The molecule has 0 amide bonds. The first-order valence-electron chi connectivity index (χ1n) is 8.22. The molecule has 4 heteroatoms. The van der Waals surface area contributed by atoms with Crippen molar-refractivity contribution in [2.24, 2.45) is 0 Å². The molecule has 1 aromatic rings. The Balaban J connectivity index is 1.63. The molecule has 1 unspecified atom stereocenters. The number of carbonyl (C=O) groups is 1. The molecule has 1 aromatic heterocycles. The lowest BCUT2D eigenvalue weighted by atomic mass is 9.83. The summed E-state index contributed by atoms with van der Waals surface area (Å²) in [4.78, 5) is 11.9. The maximum atomic E-state index is 11.9. The van der Waals surface area contributed by atoms with Gasteiger partial charge < -0.3 is 14.0 Å². The van der Waals surface area contributed by atoms with Gasteiger partial charge in [0.2, 0.25) is 0 Å².